The van der Waals surface area contributed by atoms with Gasteiger partial charge >= 0.3 is 0 Å². The van der Waals surface area contributed by atoms with Gasteiger partial charge < -0.3 is 10.2 Å². The third kappa shape index (κ3) is 3.73. The highest BCUT2D eigenvalue weighted by molar-refractivity contribution is 6.30. The molecule has 2 atom stereocenters. The molecule has 2 amide bonds. The predicted molar refractivity (Wildman–Crippen MR) is 78.5 cm³/mol. The van der Waals surface area contributed by atoms with E-state index >= 15 is 0 Å². The summed E-state index contributed by atoms with van der Waals surface area (Å²) >= 11 is 6.26. The Balaban J connectivity index is 1.99. The monoisotopic (exact) mass is 294 g/mol. The van der Waals surface area contributed by atoms with Crippen LogP contribution in [0.15, 0.2) is 30.3 Å². The number of piperidine rings is 1. The molecule has 2 rings (SSSR count). The number of hydrogen-bond donors (Lipinski definition) is 1. The third-order valence-electron chi connectivity index (χ3n) is 3.45. The summed E-state index contributed by atoms with van der Waals surface area (Å²) in [6.07, 6.45) is 1.79. The van der Waals surface area contributed by atoms with Crippen LogP contribution in [0, 0.1) is 0 Å². The molecule has 1 N–H and O–H groups in total. The number of carbonyl (C=O) groups is 2. The van der Waals surface area contributed by atoms with Crippen LogP contribution in [0.3, 0.4) is 0 Å². The molecule has 0 saturated carbocycles. The van der Waals surface area contributed by atoms with Gasteiger partial charge in [0.25, 0.3) is 0 Å². The van der Waals surface area contributed by atoms with Crippen molar-refractivity contribution in [2.24, 2.45) is 0 Å². The second-order valence-corrected chi connectivity index (χ2v) is 5.53. The molecule has 1 aliphatic heterocycles. The number of likely N-dealkylation sites (tertiary alicyclic amines) is 1. The van der Waals surface area contributed by atoms with Crippen molar-refractivity contribution in [2.45, 2.75) is 31.2 Å². The van der Waals surface area contributed by atoms with Crippen molar-refractivity contribution in [2.75, 3.05) is 13.1 Å². The van der Waals surface area contributed by atoms with E-state index in [2.05, 4.69) is 5.32 Å². The summed E-state index contributed by atoms with van der Waals surface area (Å²) in [6.45, 7) is 2.73. The molecule has 20 heavy (non-hydrogen) atoms. The number of nitrogens with zero attached hydrogens (tertiary/aromatic N) is 1. The van der Waals surface area contributed by atoms with Gasteiger partial charge in [0.05, 0.1) is 0 Å². The fourth-order valence-electron chi connectivity index (χ4n) is 2.51. The molecule has 0 aliphatic carbocycles. The van der Waals surface area contributed by atoms with Gasteiger partial charge in [-0.3, -0.25) is 9.59 Å². The molecule has 1 aromatic rings. The Bertz CT molecular complexity index is 478. The fraction of sp³-hybridized carbons (Fsp3) is 0.467. The van der Waals surface area contributed by atoms with Crippen molar-refractivity contribution in [3.8, 4) is 0 Å². The molecule has 2 unspecified atom stereocenters. The molecule has 1 aromatic carbocycles. The molecule has 108 valence electrons. The van der Waals surface area contributed by atoms with Gasteiger partial charge in [-0.25, -0.2) is 0 Å². The molecule has 1 saturated heterocycles. The second-order valence-electron chi connectivity index (χ2n) is 5.10. The van der Waals surface area contributed by atoms with Crippen molar-refractivity contribution < 1.29 is 9.59 Å². The number of rotatable bonds is 3. The van der Waals surface area contributed by atoms with E-state index in [1.54, 1.807) is 4.90 Å². The largest absolute Gasteiger partial charge is 0.352 e. The first-order valence-electron chi connectivity index (χ1n) is 6.83. The molecule has 1 fully saturated rings. The lowest BCUT2D eigenvalue weighted by molar-refractivity contribution is -0.133. The predicted octanol–water partition coefficient (Wildman–Crippen LogP) is 2.09. The average Bonchev–Trinajstić information content (AvgIpc) is 2.46. The van der Waals surface area contributed by atoms with Gasteiger partial charge in [0.2, 0.25) is 11.8 Å². The Labute approximate surface area is 124 Å². The van der Waals surface area contributed by atoms with Crippen molar-refractivity contribution >= 4 is 23.4 Å². The van der Waals surface area contributed by atoms with Gasteiger partial charge in [-0.2, -0.15) is 0 Å². The van der Waals surface area contributed by atoms with Crippen molar-refractivity contribution in [1.29, 1.82) is 0 Å². The standard InChI is InChI=1S/C15H19ClN2O2/c1-11(19)17-13-8-5-9-18(10-13)15(20)14(16)12-6-3-2-4-7-12/h2-4,6-7,13-14H,5,8-10H2,1H3,(H,17,19). The minimum atomic E-state index is -0.660. The summed E-state index contributed by atoms with van der Waals surface area (Å²) in [4.78, 5) is 25.3. The number of benzene rings is 1. The van der Waals surface area contributed by atoms with Gasteiger partial charge in [-0.1, -0.05) is 30.3 Å². The number of amides is 2. The maximum absolute atomic E-state index is 12.4. The summed E-state index contributed by atoms with van der Waals surface area (Å²) in [5.74, 6) is -0.150. The summed E-state index contributed by atoms with van der Waals surface area (Å²) in [5, 5.41) is 2.21. The third-order valence-corrected chi connectivity index (χ3v) is 3.89. The molecule has 0 bridgehead atoms. The van der Waals surface area contributed by atoms with Gasteiger partial charge in [-0.05, 0) is 18.4 Å². The highest BCUT2D eigenvalue weighted by Crippen LogP contribution is 2.24. The number of carbonyl (C=O) groups excluding carboxylic acids is 2. The highest BCUT2D eigenvalue weighted by atomic mass is 35.5. The molecule has 0 radical (unpaired) electrons. The van der Waals surface area contributed by atoms with Crippen molar-refractivity contribution in [3.63, 3.8) is 0 Å². The topological polar surface area (TPSA) is 49.4 Å². The zero-order chi connectivity index (χ0) is 14.5. The lowest BCUT2D eigenvalue weighted by Crippen LogP contribution is -2.49. The Morgan fingerprint density at radius 3 is 2.70 bits per heavy atom. The summed E-state index contributed by atoms with van der Waals surface area (Å²) in [6, 6.07) is 9.37. The van der Waals surface area contributed by atoms with E-state index < -0.39 is 5.38 Å². The SMILES string of the molecule is CC(=O)NC1CCCN(C(=O)C(Cl)c2ccccc2)C1. The molecule has 1 aliphatic rings. The maximum Gasteiger partial charge on any atom is 0.245 e. The molecule has 1 heterocycles. The van der Waals surface area contributed by atoms with Crippen molar-refractivity contribution in [1.82, 2.24) is 10.2 Å². The Hall–Kier alpha value is -1.55. The van der Waals surface area contributed by atoms with Crippen LogP contribution in [0.4, 0.5) is 0 Å². The van der Waals surface area contributed by atoms with Crippen LogP contribution in [-0.4, -0.2) is 35.8 Å². The van der Waals surface area contributed by atoms with E-state index in [4.69, 9.17) is 11.6 Å². The van der Waals surface area contributed by atoms with Crippen LogP contribution in [0.1, 0.15) is 30.7 Å². The van der Waals surface area contributed by atoms with Gasteiger partial charge in [0.15, 0.2) is 0 Å². The lowest BCUT2D eigenvalue weighted by Gasteiger charge is -2.34. The van der Waals surface area contributed by atoms with Crippen LogP contribution < -0.4 is 5.32 Å². The first-order valence-corrected chi connectivity index (χ1v) is 7.26. The number of alkyl halides is 1. The smallest absolute Gasteiger partial charge is 0.245 e. The Kier molecular flexibility index (Phi) is 5.01. The summed E-state index contributed by atoms with van der Waals surface area (Å²) in [5.41, 5.74) is 0.806. The van der Waals surface area contributed by atoms with E-state index in [1.807, 2.05) is 30.3 Å². The summed E-state index contributed by atoms with van der Waals surface area (Å²) in [7, 11) is 0. The zero-order valence-corrected chi connectivity index (χ0v) is 12.3. The Morgan fingerprint density at radius 1 is 1.35 bits per heavy atom. The lowest BCUT2D eigenvalue weighted by atomic mass is 10.0. The molecule has 5 heteroatoms. The molecule has 4 nitrogen and oxygen atoms in total. The van der Waals surface area contributed by atoms with Gasteiger partial charge in [0.1, 0.15) is 5.38 Å². The minimum Gasteiger partial charge on any atom is -0.352 e. The molecular formula is C15H19ClN2O2. The van der Waals surface area contributed by atoms with E-state index in [9.17, 15) is 9.59 Å². The second kappa shape index (κ2) is 6.75. The van der Waals surface area contributed by atoms with E-state index in [0.717, 1.165) is 18.4 Å². The quantitative estimate of drug-likeness (QED) is 0.868. The first kappa shape index (κ1) is 14.9. The van der Waals surface area contributed by atoms with Crippen LogP contribution in [-0.2, 0) is 9.59 Å². The number of hydrogen-bond acceptors (Lipinski definition) is 2. The molecule has 0 aromatic heterocycles. The fourth-order valence-corrected chi connectivity index (χ4v) is 2.79. The van der Waals surface area contributed by atoms with E-state index in [0.29, 0.717) is 13.1 Å². The summed E-state index contributed by atoms with van der Waals surface area (Å²) < 4.78 is 0. The van der Waals surface area contributed by atoms with Crippen LogP contribution in [0.5, 0.6) is 0 Å². The number of halogens is 1. The van der Waals surface area contributed by atoms with Crippen LogP contribution >= 0.6 is 11.6 Å². The van der Waals surface area contributed by atoms with Gasteiger partial charge in [-0.15, -0.1) is 11.6 Å². The van der Waals surface area contributed by atoms with E-state index in [1.165, 1.54) is 6.92 Å². The average molecular weight is 295 g/mol. The normalized spacial score (nSPS) is 20.3. The maximum atomic E-state index is 12.4. The van der Waals surface area contributed by atoms with Crippen LogP contribution in [0.25, 0.3) is 0 Å². The number of nitrogens with one attached hydrogen (secondary N) is 1. The minimum absolute atomic E-state index is 0.0323. The van der Waals surface area contributed by atoms with Crippen molar-refractivity contribution in [3.05, 3.63) is 35.9 Å². The molecule has 0 spiro atoms. The molecular weight excluding hydrogens is 276 g/mol. The zero-order valence-electron chi connectivity index (χ0n) is 11.5. The van der Waals surface area contributed by atoms with E-state index in [-0.39, 0.29) is 17.9 Å². The van der Waals surface area contributed by atoms with Gasteiger partial charge in [0, 0.05) is 26.1 Å². The highest BCUT2D eigenvalue weighted by Gasteiger charge is 2.28. The first-order chi connectivity index (χ1) is 9.58. The van der Waals surface area contributed by atoms with Crippen LogP contribution in [0.2, 0.25) is 0 Å². The Morgan fingerprint density at radius 2 is 2.05 bits per heavy atom.